The van der Waals surface area contributed by atoms with Crippen molar-refractivity contribution in [2.75, 3.05) is 6.61 Å². The Morgan fingerprint density at radius 3 is 3.27 bits per heavy atom. The van der Waals surface area contributed by atoms with Gasteiger partial charge in [-0.25, -0.2) is 0 Å². The molecule has 0 saturated carbocycles. The Kier molecular flexibility index (Phi) is 1.42. The van der Waals surface area contributed by atoms with Crippen LogP contribution in [0.4, 0.5) is 0 Å². The van der Waals surface area contributed by atoms with Gasteiger partial charge in [0.05, 0.1) is 18.8 Å². The van der Waals surface area contributed by atoms with Crippen molar-refractivity contribution in [2.45, 2.75) is 6.42 Å². The van der Waals surface area contributed by atoms with E-state index < -0.39 is 0 Å². The first-order chi connectivity index (χ1) is 5.38. The zero-order valence-corrected chi connectivity index (χ0v) is 5.95. The lowest BCUT2D eigenvalue weighted by molar-refractivity contribution is -0.125. The van der Waals surface area contributed by atoms with Crippen LogP contribution < -0.4 is 0 Å². The van der Waals surface area contributed by atoms with Crippen LogP contribution in [0.2, 0.25) is 0 Å². The van der Waals surface area contributed by atoms with Gasteiger partial charge in [-0.1, -0.05) is 0 Å². The zero-order valence-electron chi connectivity index (χ0n) is 5.95. The molecule has 58 valence electrons. The summed E-state index contributed by atoms with van der Waals surface area (Å²) in [5.41, 5.74) is 0. The van der Waals surface area contributed by atoms with Crippen molar-refractivity contribution in [3.05, 3.63) is 24.4 Å². The molecule has 0 radical (unpaired) electrons. The fraction of sp³-hybridized carbons (Fsp3) is 0.375. The van der Waals surface area contributed by atoms with Gasteiger partial charge in [0.2, 0.25) is 0 Å². The Bertz CT molecular complexity index is 240. The molecule has 0 amide bonds. The van der Waals surface area contributed by atoms with Crippen molar-refractivity contribution in [3.8, 4) is 0 Å². The van der Waals surface area contributed by atoms with Crippen LogP contribution in [0.1, 0.15) is 6.42 Å². The summed E-state index contributed by atoms with van der Waals surface area (Å²) in [6.45, 7) is 0.484. The standard InChI is InChI=1S/C8H8O3/c9-7-2-4-11-8-5-10-3-1-6(7)8/h1,3,5-6H,2,4H2. The number of ketones is 1. The van der Waals surface area contributed by atoms with E-state index in [2.05, 4.69) is 0 Å². The number of rotatable bonds is 0. The van der Waals surface area contributed by atoms with Gasteiger partial charge in [-0.05, 0) is 6.08 Å². The van der Waals surface area contributed by atoms with E-state index in [0.29, 0.717) is 18.8 Å². The minimum atomic E-state index is -0.183. The molecular formula is C8H8O3. The lowest BCUT2D eigenvalue weighted by atomic mass is 9.97. The largest absolute Gasteiger partial charge is 0.493 e. The van der Waals surface area contributed by atoms with Crippen LogP contribution in [0.3, 0.4) is 0 Å². The molecule has 11 heavy (non-hydrogen) atoms. The van der Waals surface area contributed by atoms with E-state index in [1.807, 2.05) is 0 Å². The number of carbonyl (C=O) groups is 1. The van der Waals surface area contributed by atoms with Crippen LogP contribution >= 0.6 is 0 Å². The van der Waals surface area contributed by atoms with Gasteiger partial charge < -0.3 is 9.47 Å². The van der Waals surface area contributed by atoms with Crippen LogP contribution in [-0.4, -0.2) is 12.4 Å². The molecular weight excluding hydrogens is 144 g/mol. The second-order valence-electron chi connectivity index (χ2n) is 2.53. The summed E-state index contributed by atoms with van der Waals surface area (Å²) in [5.74, 6) is 0.670. The van der Waals surface area contributed by atoms with Crippen molar-refractivity contribution >= 4 is 5.78 Å². The quantitative estimate of drug-likeness (QED) is 0.519. The van der Waals surface area contributed by atoms with E-state index >= 15 is 0 Å². The molecule has 2 heterocycles. The Hall–Kier alpha value is -1.25. The lowest BCUT2D eigenvalue weighted by Crippen LogP contribution is -2.25. The highest BCUT2D eigenvalue weighted by atomic mass is 16.5. The first-order valence-electron chi connectivity index (χ1n) is 3.55. The van der Waals surface area contributed by atoms with Crippen LogP contribution in [0.25, 0.3) is 0 Å². The topological polar surface area (TPSA) is 35.5 Å². The second kappa shape index (κ2) is 2.42. The maximum atomic E-state index is 11.2. The van der Waals surface area contributed by atoms with E-state index in [4.69, 9.17) is 9.47 Å². The van der Waals surface area contributed by atoms with E-state index in [9.17, 15) is 4.79 Å². The van der Waals surface area contributed by atoms with Crippen LogP contribution in [0.15, 0.2) is 24.4 Å². The number of carbonyl (C=O) groups excluding carboxylic acids is 1. The highest BCUT2D eigenvalue weighted by molar-refractivity contribution is 5.86. The van der Waals surface area contributed by atoms with Crippen LogP contribution in [0.5, 0.6) is 0 Å². The van der Waals surface area contributed by atoms with E-state index in [1.54, 1.807) is 6.08 Å². The Balaban J connectivity index is 2.24. The molecule has 0 N–H and O–H groups in total. The van der Waals surface area contributed by atoms with Crippen LogP contribution in [-0.2, 0) is 14.3 Å². The molecule has 1 unspecified atom stereocenters. The van der Waals surface area contributed by atoms with Crippen molar-refractivity contribution in [1.82, 2.24) is 0 Å². The summed E-state index contributed by atoms with van der Waals surface area (Å²) >= 11 is 0. The zero-order chi connectivity index (χ0) is 7.68. The summed E-state index contributed by atoms with van der Waals surface area (Å²) in [5, 5.41) is 0. The predicted octanol–water partition coefficient (Wildman–Crippen LogP) is 0.977. The second-order valence-corrected chi connectivity index (χ2v) is 2.53. The van der Waals surface area contributed by atoms with Crippen LogP contribution in [0, 0.1) is 5.92 Å². The minimum Gasteiger partial charge on any atom is -0.493 e. The maximum Gasteiger partial charge on any atom is 0.150 e. The first-order valence-corrected chi connectivity index (χ1v) is 3.55. The van der Waals surface area contributed by atoms with E-state index in [-0.39, 0.29) is 11.7 Å². The summed E-state index contributed by atoms with van der Waals surface area (Å²) in [6, 6.07) is 0. The molecule has 1 saturated heterocycles. The molecule has 0 aromatic carbocycles. The number of ether oxygens (including phenoxy) is 2. The first kappa shape index (κ1) is 6.46. The third-order valence-corrected chi connectivity index (χ3v) is 1.80. The number of hydrogen-bond donors (Lipinski definition) is 0. The number of hydrogen-bond acceptors (Lipinski definition) is 3. The molecule has 0 spiro atoms. The third kappa shape index (κ3) is 1.02. The molecule has 0 bridgehead atoms. The van der Waals surface area contributed by atoms with Crippen molar-refractivity contribution < 1.29 is 14.3 Å². The number of allylic oxidation sites excluding steroid dienone is 1. The molecule has 1 atom stereocenters. The number of Topliss-reactive ketones (excluding diaryl/α,β-unsaturated/α-hetero) is 1. The highest BCUT2D eigenvalue weighted by Crippen LogP contribution is 2.24. The Labute approximate surface area is 64.3 Å². The third-order valence-electron chi connectivity index (χ3n) is 1.80. The Morgan fingerprint density at radius 1 is 1.55 bits per heavy atom. The lowest BCUT2D eigenvalue weighted by Gasteiger charge is -2.23. The van der Waals surface area contributed by atoms with Gasteiger partial charge in [-0.15, -0.1) is 0 Å². The van der Waals surface area contributed by atoms with Gasteiger partial charge in [0.25, 0.3) is 0 Å². The number of fused-ring (bicyclic) bond motifs is 1. The fourth-order valence-electron chi connectivity index (χ4n) is 1.21. The Morgan fingerprint density at radius 2 is 2.45 bits per heavy atom. The van der Waals surface area contributed by atoms with Gasteiger partial charge in [-0.2, -0.15) is 0 Å². The van der Waals surface area contributed by atoms with Gasteiger partial charge in [0.15, 0.2) is 5.78 Å². The monoisotopic (exact) mass is 152 g/mol. The van der Waals surface area contributed by atoms with Gasteiger partial charge >= 0.3 is 0 Å². The average molecular weight is 152 g/mol. The van der Waals surface area contributed by atoms with Crippen molar-refractivity contribution in [2.24, 2.45) is 5.92 Å². The predicted molar refractivity (Wildman–Crippen MR) is 37.4 cm³/mol. The molecule has 3 nitrogen and oxygen atoms in total. The van der Waals surface area contributed by atoms with Crippen molar-refractivity contribution in [1.29, 1.82) is 0 Å². The average Bonchev–Trinajstić information content (AvgIpc) is 2.06. The SMILES string of the molecule is O=C1CCOC2=COC=CC12. The minimum absolute atomic E-state index is 0.183. The molecule has 0 aliphatic carbocycles. The maximum absolute atomic E-state index is 11.2. The van der Waals surface area contributed by atoms with E-state index in [0.717, 1.165) is 0 Å². The molecule has 2 rings (SSSR count). The summed E-state index contributed by atoms with van der Waals surface area (Å²) in [6.07, 6.45) is 5.23. The molecule has 3 heteroatoms. The molecule has 2 aliphatic rings. The van der Waals surface area contributed by atoms with Gasteiger partial charge in [0.1, 0.15) is 12.0 Å². The fourth-order valence-corrected chi connectivity index (χ4v) is 1.21. The molecule has 1 fully saturated rings. The van der Waals surface area contributed by atoms with Crippen molar-refractivity contribution in [3.63, 3.8) is 0 Å². The highest BCUT2D eigenvalue weighted by Gasteiger charge is 2.28. The van der Waals surface area contributed by atoms with E-state index in [1.165, 1.54) is 12.5 Å². The molecule has 0 aromatic rings. The molecule has 0 aromatic heterocycles. The molecule has 2 aliphatic heterocycles. The smallest absolute Gasteiger partial charge is 0.150 e. The normalized spacial score (nSPS) is 28.2. The summed E-state index contributed by atoms with van der Waals surface area (Å²) in [7, 11) is 0. The van der Waals surface area contributed by atoms with Gasteiger partial charge in [0, 0.05) is 6.42 Å². The summed E-state index contributed by atoms with van der Waals surface area (Å²) < 4.78 is 10.1. The summed E-state index contributed by atoms with van der Waals surface area (Å²) in [4.78, 5) is 11.2. The van der Waals surface area contributed by atoms with Gasteiger partial charge in [-0.3, -0.25) is 4.79 Å².